The van der Waals surface area contributed by atoms with Crippen molar-refractivity contribution in [3.8, 4) is 0 Å². The first-order chi connectivity index (χ1) is 6.03. The van der Waals surface area contributed by atoms with Crippen LogP contribution < -0.4 is 0 Å². The standard InChI is InChI=1S/C13H26/c1-6-13(5,7-2)12-8-10(3)11(4)9-12/h10-12H,6-9H2,1-5H3. The van der Waals surface area contributed by atoms with Gasteiger partial charge in [0, 0.05) is 0 Å². The fourth-order valence-electron chi connectivity index (χ4n) is 2.85. The minimum Gasteiger partial charge on any atom is -0.0649 e. The molecule has 1 fully saturated rings. The smallest absolute Gasteiger partial charge is 0.0303 e. The molecule has 0 aliphatic heterocycles. The lowest BCUT2D eigenvalue weighted by Crippen LogP contribution is -2.24. The summed E-state index contributed by atoms with van der Waals surface area (Å²) in [7, 11) is 0. The van der Waals surface area contributed by atoms with Gasteiger partial charge in [0.15, 0.2) is 0 Å². The Kier molecular flexibility index (Phi) is 3.43. The van der Waals surface area contributed by atoms with Crippen LogP contribution in [0.3, 0.4) is 0 Å². The van der Waals surface area contributed by atoms with Gasteiger partial charge in [0.25, 0.3) is 0 Å². The molecule has 0 bridgehead atoms. The van der Waals surface area contributed by atoms with Gasteiger partial charge in [0.1, 0.15) is 0 Å². The third-order valence-corrected chi connectivity index (χ3v) is 4.88. The zero-order chi connectivity index (χ0) is 10.1. The Morgan fingerprint density at radius 2 is 1.38 bits per heavy atom. The van der Waals surface area contributed by atoms with Crippen LogP contribution in [-0.4, -0.2) is 0 Å². The average molecular weight is 182 g/mol. The molecule has 0 heterocycles. The van der Waals surface area contributed by atoms with Crippen LogP contribution in [0.2, 0.25) is 0 Å². The van der Waals surface area contributed by atoms with Crippen molar-refractivity contribution in [2.75, 3.05) is 0 Å². The van der Waals surface area contributed by atoms with Crippen molar-refractivity contribution in [1.29, 1.82) is 0 Å². The molecule has 1 saturated carbocycles. The average Bonchev–Trinajstić information content (AvgIpc) is 2.46. The summed E-state index contributed by atoms with van der Waals surface area (Å²) in [4.78, 5) is 0. The van der Waals surface area contributed by atoms with Gasteiger partial charge in [-0.15, -0.1) is 0 Å². The summed E-state index contributed by atoms with van der Waals surface area (Å²) in [5.41, 5.74) is 0.624. The van der Waals surface area contributed by atoms with Crippen LogP contribution in [0.25, 0.3) is 0 Å². The predicted octanol–water partition coefficient (Wildman–Crippen LogP) is 4.49. The summed E-state index contributed by atoms with van der Waals surface area (Å²) >= 11 is 0. The van der Waals surface area contributed by atoms with Crippen LogP contribution in [0.4, 0.5) is 0 Å². The lowest BCUT2D eigenvalue weighted by molar-refractivity contribution is 0.166. The van der Waals surface area contributed by atoms with Crippen molar-refractivity contribution >= 4 is 0 Å². The lowest BCUT2D eigenvalue weighted by Gasteiger charge is -2.34. The SMILES string of the molecule is CCC(C)(CC)C1CC(C)C(C)C1. The summed E-state index contributed by atoms with van der Waals surface area (Å²) in [6.07, 6.45) is 5.65. The van der Waals surface area contributed by atoms with Gasteiger partial charge in [0.05, 0.1) is 0 Å². The summed E-state index contributed by atoms with van der Waals surface area (Å²) < 4.78 is 0. The highest BCUT2D eigenvalue weighted by atomic mass is 14.4. The fourth-order valence-corrected chi connectivity index (χ4v) is 2.85. The Balaban J connectivity index is 2.62. The molecule has 0 saturated heterocycles. The van der Waals surface area contributed by atoms with Gasteiger partial charge >= 0.3 is 0 Å². The van der Waals surface area contributed by atoms with Gasteiger partial charge in [0.2, 0.25) is 0 Å². The van der Waals surface area contributed by atoms with E-state index in [0.29, 0.717) is 5.41 Å². The number of hydrogen-bond donors (Lipinski definition) is 0. The van der Waals surface area contributed by atoms with Gasteiger partial charge in [-0.25, -0.2) is 0 Å². The second kappa shape index (κ2) is 4.02. The van der Waals surface area contributed by atoms with E-state index in [0.717, 1.165) is 17.8 Å². The molecule has 0 radical (unpaired) electrons. The van der Waals surface area contributed by atoms with E-state index in [2.05, 4.69) is 34.6 Å². The minimum absolute atomic E-state index is 0.624. The molecule has 2 unspecified atom stereocenters. The molecule has 0 aromatic rings. The van der Waals surface area contributed by atoms with E-state index in [-0.39, 0.29) is 0 Å². The van der Waals surface area contributed by atoms with Crippen molar-refractivity contribution in [2.24, 2.45) is 23.2 Å². The first kappa shape index (κ1) is 11.1. The zero-order valence-corrected chi connectivity index (χ0v) is 10.1. The molecule has 0 aromatic heterocycles. The topological polar surface area (TPSA) is 0 Å². The molecule has 1 aliphatic carbocycles. The van der Waals surface area contributed by atoms with Gasteiger partial charge in [-0.2, -0.15) is 0 Å². The molecule has 0 N–H and O–H groups in total. The highest BCUT2D eigenvalue weighted by molar-refractivity contribution is 4.88. The Morgan fingerprint density at radius 1 is 1.00 bits per heavy atom. The van der Waals surface area contributed by atoms with E-state index in [1.807, 2.05) is 0 Å². The van der Waals surface area contributed by atoms with Crippen molar-refractivity contribution in [3.63, 3.8) is 0 Å². The van der Waals surface area contributed by atoms with E-state index < -0.39 is 0 Å². The van der Waals surface area contributed by atoms with Crippen molar-refractivity contribution in [1.82, 2.24) is 0 Å². The first-order valence-corrected chi connectivity index (χ1v) is 6.03. The van der Waals surface area contributed by atoms with Crippen LogP contribution in [0.1, 0.15) is 60.3 Å². The first-order valence-electron chi connectivity index (χ1n) is 6.03. The molecule has 0 amide bonds. The van der Waals surface area contributed by atoms with E-state index in [9.17, 15) is 0 Å². The van der Waals surface area contributed by atoms with Crippen LogP contribution in [0.5, 0.6) is 0 Å². The van der Waals surface area contributed by atoms with Crippen molar-refractivity contribution < 1.29 is 0 Å². The predicted molar refractivity (Wildman–Crippen MR) is 59.7 cm³/mol. The Hall–Kier alpha value is 0. The highest BCUT2D eigenvalue weighted by Gasteiger charge is 2.38. The summed E-state index contributed by atoms with van der Waals surface area (Å²) in [5, 5.41) is 0. The Bertz CT molecular complexity index is 145. The molecule has 78 valence electrons. The molecule has 0 nitrogen and oxygen atoms in total. The van der Waals surface area contributed by atoms with E-state index in [4.69, 9.17) is 0 Å². The molecule has 1 rings (SSSR count). The largest absolute Gasteiger partial charge is 0.0649 e. The van der Waals surface area contributed by atoms with E-state index >= 15 is 0 Å². The second-order valence-electron chi connectivity index (χ2n) is 5.48. The Morgan fingerprint density at radius 3 is 1.69 bits per heavy atom. The van der Waals surface area contributed by atoms with Gasteiger partial charge in [-0.1, -0.05) is 47.5 Å². The molecule has 0 spiro atoms. The van der Waals surface area contributed by atoms with E-state index in [1.54, 1.807) is 0 Å². The highest BCUT2D eigenvalue weighted by Crippen LogP contribution is 2.48. The quantitative estimate of drug-likeness (QED) is 0.603. The lowest BCUT2D eigenvalue weighted by atomic mass is 9.72. The molecule has 0 heteroatoms. The molecule has 1 aliphatic rings. The third kappa shape index (κ3) is 2.08. The Labute approximate surface area is 84.1 Å². The molecular formula is C13H26. The summed E-state index contributed by atoms with van der Waals surface area (Å²) in [5.74, 6) is 2.91. The third-order valence-electron chi connectivity index (χ3n) is 4.88. The monoisotopic (exact) mass is 182 g/mol. The van der Waals surface area contributed by atoms with Gasteiger partial charge in [-0.3, -0.25) is 0 Å². The van der Waals surface area contributed by atoms with Gasteiger partial charge in [-0.05, 0) is 36.0 Å². The van der Waals surface area contributed by atoms with Crippen molar-refractivity contribution in [3.05, 3.63) is 0 Å². The zero-order valence-electron chi connectivity index (χ0n) is 10.1. The van der Waals surface area contributed by atoms with Crippen LogP contribution >= 0.6 is 0 Å². The van der Waals surface area contributed by atoms with E-state index in [1.165, 1.54) is 25.7 Å². The van der Waals surface area contributed by atoms with Crippen LogP contribution in [0, 0.1) is 23.2 Å². The maximum atomic E-state index is 2.49. The maximum Gasteiger partial charge on any atom is -0.0303 e. The summed E-state index contributed by atoms with van der Waals surface area (Å²) in [6.45, 7) is 12.1. The fraction of sp³-hybridized carbons (Fsp3) is 1.00. The number of rotatable bonds is 3. The molecule has 13 heavy (non-hydrogen) atoms. The minimum atomic E-state index is 0.624. The number of hydrogen-bond acceptors (Lipinski definition) is 0. The summed E-state index contributed by atoms with van der Waals surface area (Å²) in [6, 6.07) is 0. The second-order valence-corrected chi connectivity index (χ2v) is 5.48. The van der Waals surface area contributed by atoms with Gasteiger partial charge < -0.3 is 0 Å². The van der Waals surface area contributed by atoms with Crippen LogP contribution in [0.15, 0.2) is 0 Å². The maximum absolute atomic E-state index is 2.49. The molecular weight excluding hydrogens is 156 g/mol. The normalized spacial score (nSPS) is 35.3. The van der Waals surface area contributed by atoms with Crippen LogP contribution in [-0.2, 0) is 0 Å². The molecule has 0 aromatic carbocycles. The molecule has 2 atom stereocenters. The van der Waals surface area contributed by atoms with Crippen molar-refractivity contribution in [2.45, 2.75) is 60.3 Å².